The van der Waals surface area contributed by atoms with Crippen molar-refractivity contribution in [2.75, 3.05) is 26.2 Å². The lowest BCUT2D eigenvalue weighted by molar-refractivity contribution is 0.232. The van der Waals surface area contributed by atoms with Crippen LogP contribution in [0.1, 0.15) is 43.4 Å². The van der Waals surface area contributed by atoms with E-state index in [0.717, 1.165) is 26.1 Å². The molecule has 0 atom stereocenters. The highest BCUT2D eigenvalue weighted by atomic mass is 15.2. The topological polar surface area (TPSA) is 15.3 Å². The average Bonchev–Trinajstić information content (AvgIpc) is 2.39. The lowest BCUT2D eigenvalue weighted by Crippen LogP contribution is -2.43. The van der Waals surface area contributed by atoms with Crippen molar-refractivity contribution in [2.45, 2.75) is 39.7 Å². The Labute approximate surface area is 111 Å². The summed E-state index contributed by atoms with van der Waals surface area (Å²) in [5.74, 6) is 0.623. The van der Waals surface area contributed by atoms with Crippen LogP contribution in [0.5, 0.6) is 0 Å². The fraction of sp³-hybridized carbons (Fsp3) is 0.625. The van der Waals surface area contributed by atoms with Gasteiger partial charge in [0.15, 0.2) is 0 Å². The van der Waals surface area contributed by atoms with E-state index in [1.807, 2.05) is 0 Å². The first-order valence-electron chi connectivity index (χ1n) is 7.25. The molecule has 1 N–H and O–H groups in total. The van der Waals surface area contributed by atoms with Crippen LogP contribution in [0.25, 0.3) is 0 Å². The maximum Gasteiger partial charge on any atom is 0.0237 e. The summed E-state index contributed by atoms with van der Waals surface area (Å²) in [6.45, 7) is 12.5. The molecule has 0 aliphatic carbocycles. The zero-order valence-corrected chi connectivity index (χ0v) is 12.0. The van der Waals surface area contributed by atoms with Gasteiger partial charge in [0.05, 0.1) is 0 Å². The Morgan fingerprint density at radius 3 is 2.50 bits per heavy atom. The molecule has 1 aliphatic heterocycles. The molecule has 100 valence electrons. The SMILES string of the molecule is CCc1ccc(C(C)C)cc1CN1CCNCC1. The molecule has 18 heavy (non-hydrogen) atoms. The third kappa shape index (κ3) is 3.33. The normalized spacial score (nSPS) is 17.3. The van der Waals surface area contributed by atoms with Gasteiger partial charge in [0.2, 0.25) is 0 Å². The van der Waals surface area contributed by atoms with Gasteiger partial charge in [-0.1, -0.05) is 39.0 Å². The highest BCUT2D eigenvalue weighted by molar-refractivity contribution is 5.33. The second-order valence-electron chi connectivity index (χ2n) is 5.56. The van der Waals surface area contributed by atoms with Gasteiger partial charge >= 0.3 is 0 Å². The fourth-order valence-electron chi connectivity index (χ4n) is 2.61. The van der Waals surface area contributed by atoms with E-state index >= 15 is 0 Å². The number of nitrogens with zero attached hydrogens (tertiary/aromatic N) is 1. The third-order valence-corrected chi connectivity index (χ3v) is 3.88. The number of hydrogen-bond donors (Lipinski definition) is 1. The summed E-state index contributed by atoms with van der Waals surface area (Å²) in [5, 5.41) is 3.42. The molecule has 1 saturated heterocycles. The van der Waals surface area contributed by atoms with Crippen LogP contribution in [-0.2, 0) is 13.0 Å². The van der Waals surface area contributed by atoms with E-state index in [1.54, 1.807) is 0 Å². The van der Waals surface area contributed by atoms with Gasteiger partial charge in [-0.05, 0) is 29.0 Å². The first kappa shape index (κ1) is 13.6. The zero-order chi connectivity index (χ0) is 13.0. The number of benzene rings is 1. The number of rotatable bonds is 4. The van der Waals surface area contributed by atoms with E-state index < -0.39 is 0 Å². The van der Waals surface area contributed by atoms with Crippen molar-refractivity contribution in [3.8, 4) is 0 Å². The van der Waals surface area contributed by atoms with Gasteiger partial charge in [0.25, 0.3) is 0 Å². The molecule has 1 aromatic carbocycles. The molecule has 1 aromatic rings. The lowest BCUT2D eigenvalue weighted by Gasteiger charge is -2.28. The lowest BCUT2D eigenvalue weighted by atomic mass is 9.96. The predicted octanol–water partition coefficient (Wildman–Crippen LogP) is 2.78. The Morgan fingerprint density at radius 1 is 1.17 bits per heavy atom. The third-order valence-electron chi connectivity index (χ3n) is 3.88. The standard InChI is InChI=1S/C16H26N2/c1-4-14-5-6-15(13(2)3)11-16(14)12-18-9-7-17-8-10-18/h5-6,11,13,17H,4,7-10,12H2,1-3H3. The largest absolute Gasteiger partial charge is 0.314 e. The molecule has 2 rings (SSSR count). The maximum atomic E-state index is 3.42. The number of nitrogens with one attached hydrogen (secondary N) is 1. The molecule has 0 amide bonds. The van der Waals surface area contributed by atoms with Crippen LogP contribution in [-0.4, -0.2) is 31.1 Å². The maximum absolute atomic E-state index is 3.42. The van der Waals surface area contributed by atoms with Gasteiger partial charge in [-0.2, -0.15) is 0 Å². The quantitative estimate of drug-likeness (QED) is 0.879. The minimum absolute atomic E-state index is 0.623. The van der Waals surface area contributed by atoms with Crippen molar-refractivity contribution in [3.63, 3.8) is 0 Å². The summed E-state index contributed by atoms with van der Waals surface area (Å²) >= 11 is 0. The van der Waals surface area contributed by atoms with Gasteiger partial charge in [0.1, 0.15) is 0 Å². The zero-order valence-electron chi connectivity index (χ0n) is 12.0. The van der Waals surface area contributed by atoms with Crippen molar-refractivity contribution in [1.29, 1.82) is 0 Å². The molecular weight excluding hydrogens is 220 g/mol. The minimum Gasteiger partial charge on any atom is -0.314 e. The van der Waals surface area contributed by atoms with Crippen molar-refractivity contribution in [2.24, 2.45) is 0 Å². The van der Waals surface area contributed by atoms with Crippen molar-refractivity contribution < 1.29 is 0 Å². The van der Waals surface area contributed by atoms with Crippen molar-refractivity contribution >= 4 is 0 Å². The van der Waals surface area contributed by atoms with Crippen LogP contribution in [0.3, 0.4) is 0 Å². The van der Waals surface area contributed by atoms with Crippen molar-refractivity contribution in [3.05, 3.63) is 34.9 Å². The van der Waals surface area contributed by atoms with E-state index in [-0.39, 0.29) is 0 Å². The van der Waals surface area contributed by atoms with Gasteiger partial charge < -0.3 is 5.32 Å². The number of piperazine rings is 1. The predicted molar refractivity (Wildman–Crippen MR) is 78.1 cm³/mol. The van der Waals surface area contributed by atoms with Crippen LogP contribution in [0.4, 0.5) is 0 Å². The number of aryl methyl sites for hydroxylation is 1. The molecular formula is C16H26N2. The summed E-state index contributed by atoms with van der Waals surface area (Å²) in [6.07, 6.45) is 1.14. The molecule has 0 radical (unpaired) electrons. The first-order valence-corrected chi connectivity index (χ1v) is 7.25. The summed E-state index contributed by atoms with van der Waals surface area (Å²) < 4.78 is 0. The summed E-state index contributed by atoms with van der Waals surface area (Å²) in [7, 11) is 0. The second-order valence-corrected chi connectivity index (χ2v) is 5.56. The van der Waals surface area contributed by atoms with Crippen molar-refractivity contribution in [1.82, 2.24) is 10.2 Å². The first-order chi connectivity index (χ1) is 8.70. The van der Waals surface area contributed by atoms with Crippen LogP contribution in [0, 0.1) is 0 Å². The smallest absolute Gasteiger partial charge is 0.0237 e. The highest BCUT2D eigenvalue weighted by Crippen LogP contribution is 2.21. The van der Waals surface area contributed by atoms with Crippen LogP contribution < -0.4 is 5.32 Å². The van der Waals surface area contributed by atoms with Gasteiger partial charge in [-0.15, -0.1) is 0 Å². The fourth-order valence-corrected chi connectivity index (χ4v) is 2.61. The Kier molecular flexibility index (Phi) is 4.79. The molecule has 1 fully saturated rings. The minimum atomic E-state index is 0.623. The molecule has 0 unspecified atom stereocenters. The van der Waals surface area contributed by atoms with E-state index in [2.05, 4.69) is 49.2 Å². The molecule has 0 saturated carbocycles. The summed E-state index contributed by atoms with van der Waals surface area (Å²) in [6, 6.07) is 7.04. The van der Waals surface area contributed by atoms with E-state index in [0.29, 0.717) is 5.92 Å². The molecule has 1 aliphatic rings. The van der Waals surface area contributed by atoms with Crippen LogP contribution >= 0.6 is 0 Å². The highest BCUT2D eigenvalue weighted by Gasteiger charge is 2.12. The Bertz CT molecular complexity index is 379. The second kappa shape index (κ2) is 6.35. The molecule has 0 aromatic heterocycles. The van der Waals surface area contributed by atoms with E-state index in [1.165, 1.54) is 29.8 Å². The van der Waals surface area contributed by atoms with E-state index in [4.69, 9.17) is 0 Å². The van der Waals surface area contributed by atoms with Crippen LogP contribution in [0.2, 0.25) is 0 Å². The average molecular weight is 246 g/mol. The van der Waals surface area contributed by atoms with E-state index in [9.17, 15) is 0 Å². The molecule has 1 heterocycles. The van der Waals surface area contributed by atoms with Crippen LogP contribution in [0.15, 0.2) is 18.2 Å². The molecule has 2 heteroatoms. The molecule has 0 spiro atoms. The Balaban J connectivity index is 2.15. The summed E-state index contributed by atoms with van der Waals surface area (Å²) in [5.41, 5.74) is 4.51. The van der Waals surface area contributed by atoms with Gasteiger partial charge in [-0.25, -0.2) is 0 Å². The Morgan fingerprint density at radius 2 is 1.89 bits per heavy atom. The number of hydrogen-bond acceptors (Lipinski definition) is 2. The van der Waals surface area contributed by atoms with Gasteiger partial charge in [-0.3, -0.25) is 4.90 Å². The monoisotopic (exact) mass is 246 g/mol. The molecule has 2 nitrogen and oxygen atoms in total. The summed E-state index contributed by atoms with van der Waals surface area (Å²) in [4.78, 5) is 2.56. The molecule has 0 bridgehead atoms. The van der Waals surface area contributed by atoms with Gasteiger partial charge in [0, 0.05) is 32.7 Å². The Hall–Kier alpha value is -0.860.